The summed E-state index contributed by atoms with van der Waals surface area (Å²) in [5, 5.41) is 12.7. The molecule has 1 aromatic heterocycles. The largest absolute Gasteiger partial charge is 0.395 e. The molecule has 4 heteroatoms. The predicted molar refractivity (Wildman–Crippen MR) is 135 cm³/mol. The van der Waals surface area contributed by atoms with Crippen LogP contribution in [0.15, 0.2) is 104 Å². The molecule has 1 aliphatic heterocycles. The van der Waals surface area contributed by atoms with Crippen LogP contribution in [0, 0.1) is 0 Å². The number of nitrogens with zero attached hydrogens (tertiary/aromatic N) is 3. The second-order valence-corrected chi connectivity index (χ2v) is 8.60. The maximum Gasteiger partial charge on any atom is 0.0606 e. The lowest BCUT2D eigenvalue weighted by atomic mass is 9.94. The van der Waals surface area contributed by atoms with E-state index in [-0.39, 0.29) is 18.7 Å². The molecular formula is C29H29N3O. The summed E-state index contributed by atoms with van der Waals surface area (Å²) in [6, 6.07) is 29.5. The van der Waals surface area contributed by atoms with Crippen LogP contribution < -0.4 is 0 Å². The Morgan fingerprint density at radius 3 is 2.18 bits per heavy atom. The summed E-state index contributed by atoms with van der Waals surface area (Å²) in [6.07, 6.45) is 3.80. The Morgan fingerprint density at radius 1 is 0.879 bits per heavy atom. The van der Waals surface area contributed by atoms with Gasteiger partial charge in [-0.05, 0) is 16.5 Å². The molecule has 2 heterocycles. The number of aromatic nitrogens is 1. The van der Waals surface area contributed by atoms with Crippen molar-refractivity contribution in [1.82, 2.24) is 14.8 Å². The van der Waals surface area contributed by atoms with Crippen LogP contribution in [0.3, 0.4) is 0 Å². The van der Waals surface area contributed by atoms with Crippen molar-refractivity contribution in [3.63, 3.8) is 0 Å². The van der Waals surface area contributed by atoms with Gasteiger partial charge in [0, 0.05) is 48.7 Å². The fraction of sp³-hybridized carbons (Fsp3) is 0.207. The molecule has 0 spiro atoms. The molecule has 0 saturated carbocycles. The first kappa shape index (κ1) is 21.4. The van der Waals surface area contributed by atoms with E-state index in [4.69, 9.17) is 0 Å². The zero-order valence-electron chi connectivity index (χ0n) is 18.7. The summed E-state index contributed by atoms with van der Waals surface area (Å²) in [4.78, 5) is 9.18. The summed E-state index contributed by atoms with van der Waals surface area (Å²) in [5.41, 5.74) is 4.51. The smallest absolute Gasteiger partial charge is 0.0606 e. The summed E-state index contributed by atoms with van der Waals surface area (Å²) in [5.74, 6) is 0. The Hall–Kier alpha value is -3.47. The lowest BCUT2D eigenvalue weighted by molar-refractivity contribution is 0.0418. The lowest BCUT2D eigenvalue weighted by Gasteiger charge is -2.46. The molecule has 0 amide bonds. The van der Waals surface area contributed by atoms with Gasteiger partial charge in [-0.2, -0.15) is 0 Å². The second-order valence-electron chi connectivity index (χ2n) is 8.60. The highest BCUT2D eigenvalue weighted by Gasteiger charge is 2.34. The van der Waals surface area contributed by atoms with Crippen molar-refractivity contribution in [3.8, 4) is 0 Å². The first-order valence-electron chi connectivity index (χ1n) is 11.5. The Kier molecular flexibility index (Phi) is 6.20. The molecule has 33 heavy (non-hydrogen) atoms. The van der Waals surface area contributed by atoms with E-state index in [9.17, 15) is 5.11 Å². The topological polar surface area (TPSA) is 39.6 Å². The molecule has 0 aliphatic carbocycles. The third kappa shape index (κ3) is 4.28. The van der Waals surface area contributed by atoms with E-state index in [1.54, 1.807) is 0 Å². The number of hydrogen-bond donors (Lipinski definition) is 1. The van der Waals surface area contributed by atoms with Crippen LogP contribution in [0.2, 0.25) is 0 Å². The van der Waals surface area contributed by atoms with Crippen molar-refractivity contribution in [3.05, 3.63) is 121 Å². The molecule has 0 radical (unpaired) electrons. The average molecular weight is 436 g/mol. The van der Waals surface area contributed by atoms with Gasteiger partial charge in [0.1, 0.15) is 0 Å². The molecule has 1 aliphatic rings. The predicted octanol–water partition coefficient (Wildman–Crippen LogP) is 4.97. The SMILES string of the molecule is C=C(c1cncc2ccccc12)N1CCN(C(c2ccccc2)c2ccccc2)C(CO)C1. The molecule has 3 aromatic carbocycles. The minimum atomic E-state index is -0.0103. The lowest BCUT2D eigenvalue weighted by Crippen LogP contribution is -2.55. The number of rotatable bonds is 6. The zero-order chi connectivity index (χ0) is 22.6. The third-order valence-corrected chi connectivity index (χ3v) is 6.66. The maximum atomic E-state index is 10.4. The van der Waals surface area contributed by atoms with Crippen LogP contribution in [0.1, 0.15) is 22.7 Å². The summed E-state index contributed by atoms with van der Waals surface area (Å²) < 4.78 is 0. The first-order valence-corrected chi connectivity index (χ1v) is 11.5. The highest BCUT2D eigenvalue weighted by Crippen LogP contribution is 2.34. The molecular weight excluding hydrogens is 406 g/mol. The molecule has 4 aromatic rings. The van der Waals surface area contributed by atoms with Gasteiger partial charge in [-0.3, -0.25) is 9.88 Å². The number of aliphatic hydroxyl groups excluding tert-OH is 1. The van der Waals surface area contributed by atoms with E-state index in [0.717, 1.165) is 35.1 Å². The summed E-state index contributed by atoms with van der Waals surface area (Å²) >= 11 is 0. The number of fused-ring (bicyclic) bond motifs is 1. The van der Waals surface area contributed by atoms with Gasteiger partial charge >= 0.3 is 0 Å². The molecule has 5 rings (SSSR count). The molecule has 1 saturated heterocycles. The van der Waals surface area contributed by atoms with Crippen molar-refractivity contribution >= 4 is 16.5 Å². The van der Waals surface area contributed by atoms with Crippen LogP contribution in [0.4, 0.5) is 0 Å². The van der Waals surface area contributed by atoms with Gasteiger partial charge in [0.25, 0.3) is 0 Å². The Labute approximate surface area is 195 Å². The van der Waals surface area contributed by atoms with E-state index >= 15 is 0 Å². The minimum absolute atomic E-state index is 0.0103. The maximum absolute atomic E-state index is 10.4. The quantitative estimate of drug-likeness (QED) is 0.464. The molecule has 0 bridgehead atoms. The molecule has 1 atom stereocenters. The number of hydrogen-bond acceptors (Lipinski definition) is 4. The van der Waals surface area contributed by atoms with E-state index in [0.29, 0.717) is 6.54 Å². The van der Waals surface area contributed by atoms with Crippen molar-refractivity contribution in [2.24, 2.45) is 0 Å². The Bertz CT molecular complexity index is 1180. The summed E-state index contributed by atoms with van der Waals surface area (Å²) in [6.45, 7) is 6.92. The average Bonchev–Trinajstić information content (AvgIpc) is 2.89. The number of benzene rings is 3. The van der Waals surface area contributed by atoms with Crippen LogP contribution in [-0.4, -0.2) is 52.2 Å². The van der Waals surface area contributed by atoms with E-state index in [1.165, 1.54) is 11.1 Å². The Morgan fingerprint density at radius 2 is 1.52 bits per heavy atom. The Balaban J connectivity index is 1.44. The van der Waals surface area contributed by atoms with Crippen LogP contribution >= 0.6 is 0 Å². The van der Waals surface area contributed by atoms with Crippen molar-refractivity contribution in [2.45, 2.75) is 12.1 Å². The van der Waals surface area contributed by atoms with E-state index < -0.39 is 0 Å². The standard InChI is InChI=1S/C29H29N3O/c1-22(28-19-30-18-25-14-8-9-15-27(25)28)31-16-17-32(26(20-31)21-33)29(23-10-4-2-5-11-23)24-12-6-3-7-13-24/h2-15,18-19,26,29,33H,1,16-17,20-21H2. The third-order valence-electron chi connectivity index (χ3n) is 6.66. The van der Waals surface area contributed by atoms with Crippen molar-refractivity contribution in [1.29, 1.82) is 0 Å². The minimum Gasteiger partial charge on any atom is -0.395 e. The molecule has 1 unspecified atom stereocenters. The monoisotopic (exact) mass is 435 g/mol. The number of aliphatic hydroxyl groups is 1. The van der Waals surface area contributed by atoms with Crippen molar-refractivity contribution < 1.29 is 5.11 Å². The summed E-state index contributed by atoms with van der Waals surface area (Å²) in [7, 11) is 0. The van der Waals surface area contributed by atoms with Crippen LogP contribution in [-0.2, 0) is 0 Å². The fourth-order valence-electron chi connectivity index (χ4n) is 4.98. The van der Waals surface area contributed by atoms with E-state index in [1.807, 2.05) is 18.5 Å². The molecule has 4 nitrogen and oxygen atoms in total. The van der Waals surface area contributed by atoms with Gasteiger partial charge in [0.05, 0.1) is 18.7 Å². The van der Waals surface area contributed by atoms with Gasteiger partial charge < -0.3 is 10.0 Å². The van der Waals surface area contributed by atoms with Crippen LogP contribution in [0.25, 0.3) is 16.5 Å². The molecule has 1 N–H and O–H groups in total. The highest BCUT2D eigenvalue weighted by atomic mass is 16.3. The highest BCUT2D eigenvalue weighted by molar-refractivity contribution is 5.92. The normalized spacial score (nSPS) is 16.9. The van der Waals surface area contributed by atoms with Gasteiger partial charge in [-0.25, -0.2) is 0 Å². The van der Waals surface area contributed by atoms with Gasteiger partial charge in [0.2, 0.25) is 0 Å². The first-order chi connectivity index (χ1) is 16.3. The second kappa shape index (κ2) is 9.57. The van der Waals surface area contributed by atoms with Gasteiger partial charge in [-0.15, -0.1) is 0 Å². The zero-order valence-corrected chi connectivity index (χ0v) is 18.7. The fourth-order valence-corrected chi connectivity index (χ4v) is 4.98. The van der Waals surface area contributed by atoms with Gasteiger partial charge in [0.15, 0.2) is 0 Å². The van der Waals surface area contributed by atoms with Crippen molar-refractivity contribution in [2.75, 3.05) is 26.2 Å². The number of piperazine rings is 1. The van der Waals surface area contributed by atoms with Gasteiger partial charge in [-0.1, -0.05) is 91.5 Å². The van der Waals surface area contributed by atoms with E-state index in [2.05, 4.69) is 100 Å². The number of pyridine rings is 1. The molecule has 166 valence electrons. The molecule has 1 fully saturated rings. The van der Waals surface area contributed by atoms with Crippen LogP contribution in [0.5, 0.6) is 0 Å².